The van der Waals surface area contributed by atoms with E-state index in [1.54, 1.807) is 18.6 Å². The maximum atomic E-state index is 5.26. The predicted molar refractivity (Wildman–Crippen MR) is 52.5 cm³/mol. The summed E-state index contributed by atoms with van der Waals surface area (Å²) in [6.45, 7) is 1.26. The average molecular weight is 201 g/mol. The Labute approximate surface area is 85.1 Å². The third kappa shape index (κ3) is 1.39. The minimum Gasteiger partial charge on any atom is -0.473 e. The molecule has 0 fully saturated rings. The van der Waals surface area contributed by atoms with Crippen molar-refractivity contribution in [2.24, 2.45) is 4.99 Å². The molecule has 0 saturated carbocycles. The van der Waals surface area contributed by atoms with Crippen LogP contribution in [0.25, 0.3) is 11.2 Å². The molecule has 0 spiro atoms. The topological polar surface area (TPSA) is 73.2 Å². The monoisotopic (exact) mass is 201 g/mol. The third-order valence-corrected chi connectivity index (χ3v) is 2.00. The summed E-state index contributed by atoms with van der Waals surface area (Å²) in [5, 5.41) is 0. The number of hydrogen-bond acceptors (Lipinski definition) is 6. The predicted octanol–water partition coefficient (Wildman–Crippen LogP) is 0.197. The number of ether oxygens (including phenoxy) is 1. The van der Waals surface area contributed by atoms with Crippen molar-refractivity contribution in [2.45, 2.75) is 0 Å². The van der Waals surface area contributed by atoms with Crippen molar-refractivity contribution >= 4 is 17.1 Å². The van der Waals surface area contributed by atoms with E-state index in [-0.39, 0.29) is 0 Å². The van der Waals surface area contributed by atoms with E-state index in [9.17, 15) is 0 Å². The van der Waals surface area contributed by atoms with Gasteiger partial charge in [0, 0.05) is 12.4 Å². The van der Waals surface area contributed by atoms with Gasteiger partial charge in [-0.25, -0.2) is 24.9 Å². The minimum absolute atomic E-state index is 0.473. The van der Waals surface area contributed by atoms with Crippen LogP contribution in [-0.2, 0) is 4.74 Å². The lowest BCUT2D eigenvalue weighted by Gasteiger charge is -2.00. The van der Waals surface area contributed by atoms with Gasteiger partial charge in [0.25, 0.3) is 5.90 Å². The number of hydrogen-bond donors (Lipinski definition) is 0. The molecule has 0 aliphatic carbocycles. The second kappa shape index (κ2) is 3.23. The fraction of sp³-hybridized carbons (Fsp3) is 0.222. The first-order valence-electron chi connectivity index (χ1n) is 4.55. The van der Waals surface area contributed by atoms with Crippen molar-refractivity contribution < 1.29 is 4.74 Å². The van der Waals surface area contributed by atoms with Gasteiger partial charge in [0.1, 0.15) is 12.1 Å². The van der Waals surface area contributed by atoms with Gasteiger partial charge in [-0.1, -0.05) is 0 Å². The van der Waals surface area contributed by atoms with E-state index in [1.165, 1.54) is 0 Å². The molecule has 0 unspecified atom stereocenters. The first-order valence-corrected chi connectivity index (χ1v) is 4.55. The molecular formula is C9H7N5O. The summed E-state index contributed by atoms with van der Waals surface area (Å²) < 4.78 is 5.26. The second-order valence-corrected chi connectivity index (χ2v) is 2.99. The van der Waals surface area contributed by atoms with Crippen LogP contribution in [0.2, 0.25) is 0 Å². The molecule has 3 heterocycles. The van der Waals surface area contributed by atoms with Gasteiger partial charge in [-0.15, -0.1) is 0 Å². The zero-order valence-corrected chi connectivity index (χ0v) is 7.79. The van der Waals surface area contributed by atoms with Crippen molar-refractivity contribution in [3.8, 4) is 0 Å². The first kappa shape index (κ1) is 8.22. The highest BCUT2D eigenvalue weighted by molar-refractivity contribution is 5.92. The Morgan fingerprint density at radius 3 is 2.93 bits per heavy atom. The van der Waals surface area contributed by atoms with Crippen LogP contribution in [0.3, 0.4) is 0 Å². The maximum Gasteiger partial charge on any atom is 0.255 e. The van der Waals surface area contributed by atoms with Crippen molar-refractivity contribution in [2.75, 3.05) is 13.2 Å². The Morgan fingerprint density at radius 1 is 1.13 bits per heavy atom. The quantitative estimate of drug-likeness (QED) is 0.658. The van der Waals surface area contributed by atoms with Crippen LogP contribution in [0, 0.1) is 0 Å². The van der Waals surface area contributed by atoms with Crippen LogP contribution in [0.1, 0.15) is 5.82 Å². The molecule has 0 N–H and O–H groups in total. The van der Waals surface area contributed by atoms with Crippen molar-refractivity contribution in [3.63, 3.8) is 0 Å². The molecule has 0 amide bonds. The summed E-state index contributed by atoms with van der Waals surface area (Å²) in [6.07, 6.45) is 4.82. The van der Waals surface area contributed by atoms with E-state index in [4.69, 9.17) is 4.74 Å². The van der Waals surface area contributed by atoms with Crippen molar-refractivity contribution in [1.29, 1.82) is 0 Å². The van der Waals surface area contributed by atoms with Crippen LogP contribution in [-0.4, -0.2) is 39.0 Å². The van der Waals surface area contributed by atoms with E-state index in [1.807, 2.05) is 0 Å². The third-order valence-electron chi connectivity index (χ3n) is 2.00. The molecule has 1 aliphatic rings. The van der Waals surface area contributed by atoms with Crippen molar-refractivity contribution in [3.05, 3.63) is 24.4 Å². The van der Waals surface area contributed by atoms with Gasteiger partial charge in [-0.05, 0) is 0 Å². The van der Waals surface area contributed by atoms with E-state index < -0.39 is 0 Å². The zero-order valence-electron chi connectivity index (χ0n) is 7.79. The lowest BCUT2D eigenvalue weighted by atomic mass is 10.5. The summed E-state index contributed by atoms with van der Waals surface area (Å²) in [5.74, 6) is 0.961. The molecule has 0 bridgehead atoms. The SMILES string of the molecule is c1cnc2nc(C3=NCCO3)ncc2n1. The van der Waals surface area contributed by atoms with Gasteiger partial charge in [0.05, 0.1) is 12.7 Å². The molecule has 0 radical (unpaired) electrons. The Hall–Kier alpha value is -2.11. The number of aromatic nitrogens is 4. The first-order chi connectivity index (χ1) is 7.43. The molecule has 0 saturated heterocycles. The number of nitrogens with zero attached hydrogens (tertiary/aromatic N) is 5. The molecule has 0 atom stereocenters. The van der Waals surface area contributed by atoms with Crippen LogP contribution >= 0.6 is 0 Å². The second-order valence-electron chi connectivity index (χ2n) is 2.99. The van der Waals surface area contributed by atoms with Crippen LogP contribution in [0.5, 0.6) is 0 Å². The van der Waals surface area contributed by atoms with E-state index >= 15 is 0 Å². The number of rotatable bonds is 1. The van der Waals surface area contributed by atoms with Gasteiger partial charge in [-0.3, -0.25) is 0 Å². The highest BCUT2D eigenvalue weighted by Crippen LogP contribution is 2.06. The van der Waals surface area contributed by atoms with Crippen molar-refractivity contribution in [1.82, 2.24) is 19.9 Å². The standard InChI is InChI=1S/C9H7N5O/c1-2-11-7-6(10-1)5-13-8(14-7)9-12-3-4-15-9/h1-2,5H,3-4H2. The Bertz CT molecular complexity index is 539. The lowest BCUT2D eigenvalue weighted by Crippen LogP contribution is -2.07. The van der Waals surface area contributed by atoms with Gasteiger partial charge < -0.3 is 4.74 Å². The van der Waals surface area contributed by atoms with E-state index in [0.717, 1.165) is 0 Å². The minimum atomic E-state index is 0.473. The fourth-order valence-corrected chi connectivity index (χ4v) is 1.34. The Morgan fingerprint density at radius 2 is 2.07 bits per heavy atom. The van der Waals surface area contributed by atoms with E-state index in [2.05, 4.69) is 24.9 Å². The van der Waals surface area contributed by atoms with Gasteiger partial charge in [-0.2, -0.15) is 0 Å². The summed E-state index contributed by atoms with van der Waals surface area (Å²) in [4.78, 5) is 20.6. The molecular weight excluding hydrogens is 194 g/mol. The highest BCUT2D eigenvalue weighted by Gasteiger charge is 2.13. The summed E-state index contributed by atoms with van der Waals surface area (Å²) in [5.41, 5.74) is 1.22. The Kier molecular flexibility index (Phi) is 1.77. The molecule has 0 aromatic carbocycles. The van der Waals surface area contributed by atoms with Crippen LogP contribution in [0.15, 0.2) is 23.6 Å². The summed E-state index contributed by atoms with van der Waals surface area (Å²) in [6, 6.07) is 0. The summed E-state index contributed by atoms with van der Waals surface area (Å²) in [7, 11) is 0. The molecule has 1 aliphatic heterocycles. The van der Waals surface area contributed by atoms with Gasteiger partial charge >= 0.3 is 0 Å². The normalized spacial score (nSPS) is 15.1. The zero-order chi connectivity index (χ0) is 10.1. The molecule has 74 valence electrons. The molecule has 6 heteroatoms. The maximum absolute atomic E-state index is 5.26. The largest absolute Gasteiger partial charge is 0.473 e. The molecule has 3 rings (SSSR count). The number of fused-ring (bicyclic) bond motifs is 1. The van der Waals surface area contributed by atoms with Gasteiger partial charge in [0.2, 0.25) is 5.82 Å². The van der Waals surface area contributed by atoms with Gasteiger partial charge in [0.15, 0.2) is 5.65 Å². The van der Waals surface area contributed by atoms with Crippen LogP contribution < -0.4 is 0 Å². The van der Waals surface area contributed by atoms with E-state index in [0.29, 0.717) is 36.0 Å². The average Bonchev–Trinajstić information content (AvgIpc) is 2.82. The smallest absolute Gasteiger partial charge is 0.255 e. The molecule has 15 heavy (non-hydrogen) atoms. The molecule has 2 aromatic heterocycles. The molecule has 6 nitrogen and oxygen atoms in total. The molecule has 2 aromatic rings. The summed E-state index contributed by atoms with van der Waals surface area (Å²) >= 11 is 0. The highest BCUT2D eigenvalue weighted by atomic mass is 16.5. The Balaban J connectivity index is 2.13. The number of aliphatic imine (C=N–C) groups is 1. The lowest BCUT2D eigenvalue weighted by molar-refractivity contribution is 0.346. The fourth-order valence-electron chi connectivity index (χ4n) is 1.34. The van der Waals surface area contributed by atoms with Crippen LogP contribution in [0.4, 0.5) is 0 Å².